The van der Waals surface area contributed by atoms with Crippen LogP contribution >= 0.6 is 0 Å². The Morgan fingerprint density at radius 1 is 1.04 bits per heavy atom. The van der Waals surface area contributed by atoms with Crippen molar-refractivity contribution in [1.82, 2.24) is 9.97 Å². The number of carbonyl (C=O) groups is 1. The van der Waals surface area contributed by atoms with Crippen molar-refractivity contribution in [2.45, 2.75) is 20.3 Å². The molecular weight excluding hydrogens is 352 g/mol. The van der Waals surface area contributed by atoms with Gasteiger partial charge in [-0.3, -0.25) is 4.79 Å². The van der Waals surface area contributed by atoms with Crippen molar-refractivity contribution in [3.05, 3.63) is 77.1 Å². The molecule has 0 radical (unpaired) electrons. The molecule has 0 unspecified atom stereocenters. The van der Waals surface area contributed by atoms with E-state index in [-0.39, 0.29) is 5.91 Å². The molecule has 1 heterocycles. The van der Waals surface area contributed by atoms with Crippen molar-refractivity contribution in [2.75, 3.05) is 24.3 Å². The molecule has 0 bridgehead atoms. The van der Waals surface area contributed by atoms with Gasteiger partial charge in [-0.2, -0.15) is 0 Å². The van der Waals surface area contributed by atoms with Gasteiger partial charge in [0.1, 0.15) is 5.75 Å². The molecule has 0 saturated heterocycles. The number of carbonyl (C=O) groups excluding carboxylic acids is 1. The summed E-state index contributed by atoms with van der Waals surface area (Å²) in [4.78, 5) is 20.8. The van der Waals surface area contributed by atoms with Crippen molar-refractivity contribution >= 4 is 17.5 Å². The number of hydrogen-bond acceptors (Lipinski definition) is 5. The summed E-state index contributed by atoms with van der Waals surface area (Å²) in [6, 6.07) is 13.7. The Balaban J connectivity index is 1.53. The molecule has 0 aliphatic heterocycles. The molecule has 2 aromatic carbocycles. The number of anilines is 2. The van der Waals surface area contributed by atoms with Crippen molar-refractivity contribution in [3.63, 3.8) is 0 Å². The largest absolute Gasteiger partial charge is 0.497 e. The van der Waals surface area contributed by atoms with Crippen molar-refractivity contribution in [3.8, 4) is 5.75 Å². The summed E-state index contributed by atoms with van der Waals surface area (Å²) in [6.07, 6.45) is 3.87. The zero-order valence-electron chi connectivity index (χ0n) is 16.3. The van der Waals surface area contributed by atoms with E-state index >= 15 is 0 Å². The molecule has 0 aliphatic rings. The third-order valence-corrected chi connectivity index (χ3v) is 4.51. The third kappa shape index (κ3) is 5.07. The molecule has 3 aromatic rings. The Labute approximate surface area is 165 Å². The first-order chi connectivity index (χ1) is 13.5. The molecule has 0 fully saturated rings. The van der Waals surface area contributed by atoms with Crippen LogP contribution in [0.15, 0.2) is 54.9 Å². The van der Waals surface area contributed by atoms with E-state index in [1.54, 1.807) is 7.11 Å². The second-order valence-corrected chi connectivity index (χ2v) is 6.58. The van der Waals surface area contributed by atoms with E-state index in [0.717, 1.165) is 29.0 Å². The average Bonchev–Trinajstić information content (AvgIpc) is 2.71. The van der Waals surface area contributed by atoms with Crippen LogP contribution in [0.4, 0.5) is 11.6 Å². The lowest BCUT2D eigenvalue weighted by molar-refractivity contribution is 0.102. The average molecular weight is 376 g/mol. The van der Waals surface area contributed by atoms with Crippen LogP contribution in [-0.4, -0.2) is 29.5 Å². The molecular formula is C22H24N4O2. The number of nitrogens with zero attached hydrogens (tertiary/aromatic N) is 2. The predicted octanol–water partition coefficient (Wildman–Crippen LogP) is 4.01. The Bertz CT molecular complexity index is 955. The Morgan fingerprint density at radius 2 is 1.82 bits per heavy atom. The lowest BCUT2D eigenvalue weighted by atomic mass is 10.1. The van der Waals surface area contributed by atoms with Crippen LogP contribution in [0, 0.1) is 13.8 Å². The van der Waals surface area contributed by atoms with Crippen molar-refractivity contribution < 1.29 is 9.53 Å². The van der Waals surface area contributed by atoms with Gasteiger partial charge in [-0.1, -0.05) is 18.2 Å². The molecule has 2 N–H and O–H groups in total. The van der Waals surface area contributed by atoms with Crippen LogP contribution in [-0.2, 0) is 6.42 Å². The maximum atomic E-state index is 12.4. The maximum absolute atomic E-state index is 12.4. The third-order valence-electron chi connectivity index (χ3n) is 4.51. The number of ether oxygens (including phenoxy) is 1. The quantitative estimate of drug-likeness (QED) is 0.652. The molecule has 0 aliphatic carbocycles. The van der Waals surface area contributed by atoms with Gasteiger partial charge in [-0.05, 0) is 61.2 Å². The molecule has 28 heavy (non-hydrogen) atoms. The molecule has 0 saturated carbocycles. The summed E-state index contributed by atoms with van der Waals surface area (Å²) < 4.78 is 5.23. The topological polar surface area (TPSA) is 76.1 Å². The minimum Gasteiger partial charge on any atom is -0.497 e. The SMILES string of the molecule is COc1cccc(CCNc2ncc(C(=O)Nc3ccc(C)c(C)c3)cn2)c1. The first-order valence-corrected chi connectivity index (χ1v) is 9.12. The van der Waals surface area contributed by atoms with Gasteiger partial charge in [-0.25, -0.2) is 9.97 Å². The maximum Gasteiger partial charge on any atom is 0.258 e. The smallest absolute Gasteiger partial charge is 0.258 e. The number of rotatable bonds is 7. The molecule has 0 atom stereocenters. The highest BCUT2D eigenvalue weighted by atomic mass is 16.5. The van der Waals surface area contributed by atoms with Crippen molar-refractivity contribution in [2.24, 2.45) is 0 Å². The summed E-state index contributed by atoms with van der Waals surface area (Å²) in [7, 11) is 1.66. The fraction of sp³-hybridized carbons (Fsp3) is 0.227. The zero-order valence-corrected chi connectivity index (χ0v) is 16.3. The number of aryl methyl sites for hydroxylation is 2. The van der Waals surface area contributed by atoms with Crippen LogP contribution in [0.5, 0.6) is 5.75 Å². The molecule has 1 aromatic heterocycles. The normalized spacial score (nSPS) is 10.4. The van der Waals surface area contributed by atoms with E-state index in [2.05, 4.69) is 20.6 Å². The molecule has 1 amide bonds. The summed E-state index contributed by atoms with van der Waals surface area (Å²) in [5.41, 5.74) is 4.65. The van der Waals surface area contributed by atoms with Gasteiger partial charge in [0, 0.05) is 24.6 Å². The van der Waals surface area contributed by atoms with Gasteiger partial charge in [0.25, 0.3) is 5.91 Å². The standard InChI is InChI=1S/C22H24N4O2/c1-15-7-8-19(11-16(15)2)26-21(27)18-13-24-22(25-14-18)23-10-9-17-5-4-6-20(12-17)28-3/h4-8,11-14H,9-10H2,1-3H3,(H,26,27)(H,23,24,25). The summed E-state index contributed by atoms with van der Waals surface area (Å²) in [5.74, 6) is 1.10. The van der Waals surface area contributed by atoms with Gasteiger partial charge in [-0.15, -0.1) is 0 Å². The van der Waals surface area contributed by atoms with E-state index in [0.29, 0.717) is 18.1 Å². The van der Waals surface area contributed by atoms with Gasteiger partial charge in [0.05, 0.1) is 12.7 Å². The first-order valence-electron chi connectivity index (χ1n) is 9.12. The highest BCUT2D eigenvalue weighted by Gasteiger charge is 2.08. The Kier molecular flexibility index (Phi) is 6.22. The minimum absolute atomic E-state index is 0.230. The lowest BCUT2D eigenvalue weighted by Crippen LogP contribution is -2.14. The van der Waals surface area contributed by atoms with E-state index in [1.807, 2.05) is 56.3 Å². The van der Waals surface area contributed by atoms with Crippen LogP contribution < -0.4 is 15.4 Å². The number of hydrogen-bond donors (Lipinski definition) is 2. The zero-order chi connectivity index (χ0) is 19.9. The summed E-state index contributed by atoms with van der Waals surface area (Å²) >= 11 is 0. The van der Waals surface area contributed by atoms with Crippen LogP contribution in [0.25, 0.3) is 0 Å². The van der Waals surface area contributed by atoms with Crippen LogP contribution in [0.3, 0.4) is 0 Å². The molecule has 0 spiro atoms. The van der Waals surface area contributed by atoms with E-state index in [1.165, 1.54) is 18.0 Å². The molecule has 6 nitrogen and oxygen atoms in total. The van der Waals surface area contributed by atoms with Crippen LogP contribution in [0.1, 0.15) is 27.0 Å². The molecule has 6 heteroatoms. The summed E-state index contributed by atoms with van der Waals surface area (Å²) in [5, 5.41) is 6.04. The molecule has 3 rings (SSSR count). The Morgan fingerprint density at radius 3 is 2.54 bits per heavy atom. The Hall–Kier alpha value is -3.41. The number of benzene rings is 2. The first kappa shape index (κ1) is 19.4. The monoisotopic (exact) mass is 376 g/mol. The van der Waals surface area contributed by atoms with E-state index in [9.17, 15) is 4.79 Å². The van der Waals surface area contributed by atoms with Gasteiger partial charge >= 0.3 is 0 Å². The molecule has 144 valence electrons. The fourth-order valence-electron chi connectivity index (χ4n) is 2.71. The second kappa shape index (κ2) is 8.99. The highest BCUT2D eigenvalue weighted by molar-refractivity contribution is 6.03. The van der Waals surface area contributed by atoms with Gasteiger partial charge in [0.15, 0.2) is 0 Å². The second-order valence-electron chi connectivity index (χ2n) is 6.58. The van der Waals surface area contributed by atoms with Gasteiger partial charge in [0.2, 0.25) is 5.95 Å². The van der Waals surface area contributed by atoms with Crippen molar-refractivity contribution in [1.29, 1.82) is 0 Å². The number of amides is 1. The lowest BCUT2D eigenvalue weighted by Gasteiger charge is -2.09. The fourth-order valence-corrected chi connectivity index (χ4v) is 2.71. The van der Waals surface area contributed by atoms with E-state index < -0.39 is 0 Å². The summed E-state index contributed by atoms with van der Waals surface area (Å²) in [6.45, 7) is 4.73. The number of aromatic nitrogens is 2. The van der Waals surface area contributed by atoms with Crippen LogP contribution in [0.2, 0.25) is 0 Å². The van der Waals surface area contributed by atoms with E-state index in [4.69, 9.17) is 4.74 Å². The van der Waals surface area contributed by atoms with Gasteiger partial charge < -0.3 is 15.4 Å². The highest BCUT2D eigenvalue weighted by Crippen LogP contribution is 2.15. The minimum atomic E-state index is -0.230. The number of nitrogens with one attached hydrogen (secondary N) is 2. The predicted molar refractivity (Wildman–Crippen MR) is 111 cm³/mol. The number of methoxy groups -OCH3 is 1.